The summed E-state index contributed by atoms with van der Waals surface area (Å²) in [6.45, 7) is 0.290. The van der Waals surface area contributed by atoms with Gasteiger partial charge in [0.15, 0.2) is 0 Å². The molecule has 0 saturated carbocycles. The second-order valence-electron chi connectivity index (χ2n) is 4.77. The van der Waals surface area contributed by atoms with Gasteiger partial charge >= 0.3 is 0 Å². The molecule has 0 fully saturated rings. The SMILES string of the molecule is COc1cccc(C(CN)C(O)c2cc(Cl)cc(Cl)c2)c1. The van der Waals surface area contributed by atoms with E-state index in [0.29, 0.717) is 22.2 Å². The zero-order valence-electron chi connectivity index (χ0n) is 11.6. The zero-order valence-corrected chi connectivity index (χ0v) is 13.1. The minimum atomic E-state index is -0.793. The Hall–Kier alpha value is -1.26. The standard InChI is InChI=1S/C16H17Cl2NO2/c1-21-14-4-2-3-10(7-14)15(9-19)16(20)11-5-12(17)8-13(18)6-11/h2-8,15-16,20H,9,19H2,1H3. The predicted molar refractivity (Wildman–Crippen MR) is 86.2 cm³/mol. The summed E-state index contributed by atoms with van der Waals surface area (Å²) in [7, 11) is 1.60. The van der Waals surface area contributed by atoms with E-state index in [1.54, 1.807) is 25.3 Å². The lowest BCUT2D eigenvalue weighted by Gasteiger charge is -2.23. The maximum atomic E-state index is 10.6. The Morgan fingerprint density at radius 1 is 1.10 bits per heavy atom. The smallest absolute Gasteiger partial charge is 0.119 e. The molecule has 2 aromatic rings. The summed E-state index contributed by atoms with van der Waals surface area (Å²) in [5.41, 5.74) is 7.39. The molecule has 2 unspecified atom stereocenters. The summed E-state index contributed by atoms with van der Waals surface area (Å²) in [4.78, 5) is 0. The van der Waals surface area contributed by atoms with E-state index in [1.165, 1.54) is 0 Å². The molecule has 2 atom stereocenters. The second-order valence-corrected chi connectivity index (χ2v) is 5.64. The summed E-state index contributed by atoms with van der Waals surface area (Å²) in [6, 6.07) is 12.5. The number of aliphatic hydroxyl groups excluding tert-OH is 1. The van der Waals surface area contributed by atoms with Gasteiger partial charge in [-0.15, -0.1) is 0 Å². The van der Waals surface area contributed by atoms with E-state index in [2.05, 4.69) is 0 Å². The maximum Gasteiger partial charge on any atom is 0.119 e. The van der Waals surface area contributed by atoms with Crippen LogP contribution in [0, 0.1) is 0 Å². The number of benzene rings is 2. The van der Waals surface area contributed by atoms with Crippen LogP contribution in [0.2, 0.25) is 10.0 Å². The predicted octanol–water partition coefficient (Wildman–Crippen LogP) is 3.78. The molecule has 0 bridgehead atoms. The highest BCUT2D eigenvalue weighted by molar-refractivity contribution is 6.34. The average Bonchev–Trinajstić information content (AvgIpc) is 2.47. The molecule has 112 valence electrons. The number of hydrogen-bond acceptors (Lipinski definition) is 3. The number of rotatable bonds is 5. The summed E-state index contributed by atoms with van der Waals surface area (Å²) in [5, 5.41) is 11.6. The minimum absolute atomic E-state index is 0.269. The van der Waals surface area contributed by atoms with Crippen LogP contribution >= 0.6 is 23.2 Å². The van der Waals surface area contributed by atoms with Crippen LogP contribution in [0.1, 0.15) is 23.1 Å². The molecule has 0 heterocycles. The van der Waals surface area contributed by atoms with Gasteiger partial charge in [0, 0.05) is 22.5 Å². The molecule has 0 spiro atoms. The summed E-state index contributed by atoms with van der Waals surface area (Å²) in [5.74, 6) is 0.455. The van der Waals surface area contributed by atoms with Crippen LogP contribution in [-0.2, 0) is 0 Å². The Morgan fingerprint density at radius 3 is 2.33 bits per heavy atom. The number of nitrogens with two attached hydrogens (primary N) is 1. The van der Waals surface area contributed by atoms with Crippen molar-refractivity contribution in [2.45, 2.75) is 12.0 Å². The van der Waals surface area contributed by atoms with Crippen LogP contribution in [0.3, 0.4) is 0 Å². The van der Waals surface area contributed by atoms with Crippen molar-refractivity contribution in [2.75, 3.05) is 13.7 Å². The molecule has 2 rings (SSSR count). The first kappa shape index (κ1) is 16.1. The Balaban J connectivity index is 2.35. The van der Waals surface area contributed by atoms with Crippen LogP contribution in [0.25, 0.3) is 0 Å². The van der Waals surface area contributed by atoms with Crippen molar-refractivity contribution >= 4 is 23.2 Å². The normalized spacial score (nSPS) is 13.8. The van der Waals surface area contributed by atoms with Gasteiger partial charge in [0.05, 0.1) is 13.2 Å². The van der Waals surface area contributed by atoms with Crippen LogP contribution in [0.15, 0.2) is 42.5 Å². The van der Waals surface area contributed by atoms with Gasteiger partial charge in [-0.25, -0.2) is 0 Å². The van der Waals surface area contributed by atoms with E-state index in [9.17, 15) is 5.11 Å². The molecular formula is C16H17Cl2NO2. The molecule has 0 aliphatic carbocycles. The number of methoxy groups -OCH3 is 1. The van der Waals surface area contributed by atoms with E-state index < -0.39 is 6.10 Å². The van der Waals surface area contributed by atoms with Crippen LogP contribution in [-0.4, -0.2) is 18.8 Å². The van der Waals surface area contributed by atoms with Gasteiger partial charge < -0.3 is 15.6 Å². The van der Waals surface area contributed by atoms with E-state index in [0.717, 1.165) is 11.3 Å². The van der Waals surface area contributed by atoms with Gasteiger partial charge in [-0.1, -0.05) is 35.3 Å². The van der Waals surface area contributed by atoms with E-state index in [1.807, 2.05) is 24.3 Å². The molecule has 0 amide bonds. The first-order chi connectivity index (χ1) is 10.0. The minimum Gasteiger partial charge on any atom is -0.497 e. The molecular weight excluding hydrogens is 309 g/mol. The van der Waals surface area contributed by atoms with Gasteiger partial charge in [-0.3, -0.25) is 0 Å². The van der Waals surface area contributed by atoms with Gasteiger partial charge in [0.1, 0.15) is 5.75 Å². The molecule has 0 aliphatic heterocycles. The molecule has 3 N–H and O–H groups in total. The Bertz CT molecular complexity index is 599. The summed E-state index contributed by atoms with van der Waals surface area (Å²) in [6.07, 6.45) is -0.793. The third-order valence-corrected chi connectivity index (χ3v) is 3.82. The van der Waals surface area contributed by atoms with Crippen molar-refractivity contribution in [3.63, 3.8) is 0 Å². The largest absolute Gasteiger partial charge is 0.497 e. The topological polar surface area (TPSA) is 55.5 Å². The fourth-order valence-electron chi connectivity index (χ4n) is 2.30. The molecule has 0 aliphatic rings. The molecule has 21 heavy (non-hydrogen) atoms. The second kappa shape index (κ2) is 7.14. The van der Waals surface area contributed by atoms with Crippen molar-refractivity contribution in [3.8, 4) is 5.75 Å². The first-order valence-corrected chi connectivity index (χ1v) is 7.29. The highest BCUT2D eigenvalue weighted by atomic mass is 35.5. The van der Waals surface area contributed by atoms with Crippen molar-refractivity contribution in [1.29, 1.82) is 0 Å². The molecule has 2 aromatic carbocycles. The van der Waals surface area contributed by atoms with E-state index in [4.69, 9.17) is 33.7 Å². The Labute approximate surface area is 134 Å². The van der Waals surface area contributed by atoms with Crippen molar-refractivity contribution in [3.05, 3.63) is 63.6 Å². The lowest BCUT2D eigenvalue weighted by atomic mass is 9.89. The molecule has 0 saturated heterocycles. The molecule has 5 heteroatoms. The monoisotopic (exact) mass is 325 g/mol. The van der Waals surface area contributed by atoms with Crippen LogP contribution in [0.4, 0.5) is 0 Å². The van der Waals surface area contributed by atoms with Crippen LogP contribution in [0.5, 0.6) is 5.75 Å². The highest BCUT2D eigenvalue weighted by Gasteiger charge is 2.22. The van der Waals surface area contributed by atoms with Crippen LogP contribution < -0.4 is 10.5 Å². The molecule has 0 radical (unpaired) electrons. The van der Waals surface area contributed by atoms with Crippen molar-refractivity contribution in [2.24, 2.45) is 5.73 Å². The van der Waals surface area contributed by atoms with E-state index >= 15 is 0 Å². The number of hydrogen-bond donors (Lipinski definition) is 2. The summed E-state index contributed by atoms with van der Waals surface area (Å²) < 4.78 is 5.21. The third kappa shape index (κ3) is 3.89. The van der Waals surface area contributed by atoms with Gasteiger partial charge in [0.25, 0.3) is 0 Å². The summed E-state index contributed by atoms with van der Waals surface area (Å²) >= 11 is 12.0. The van der Waals surface area contributed by atoms with Crippen molar-refractivity contribution in [1.82, 2.24) is 0 Å². The lowest BCUT2D eigenvalue weighted by molar-refractivity contribution is 0.147. The Kier molecular flexibility index (Phi) is 5.48. The fourth-order valence-corrected chi connectivity index (χ4v) is 2.84. The Morgan fingerprint density at radius 2 is 1.76 bits per heavy atom. The number of aliphatic hydroxyl groups is 1. The average molecular weight is 326 g/mol. The quantitative estimate of drug-likeness (QED) is 0.879. The van der Waals surface area contributed by atoms with Crippen molar-refractivity contribution < 1.29 is 9.84 Å². The highest BCUT2D eigenvalue weighted by Crippen LogP contribution is 2.34. The number of ether oxygens (including phenoxy) is 1. The lowest BCUT2D eigenvalue weighted by Crippen LogP contribution is -2.20. The third-order valence-electron chi connectivity index (χ3n) is 3.38. The van der Waals surface area contributed by atoms with Gasteiger partial charge in [-0.05, 0) is 41.5 Å². The zero-order chi connectivity index (χ0) is 15.4. The first-order valence-electron chi connectivity index (χ1n) is 6.53. The van der Waals surface area contributed by atoms with Gasteiger partial charge in [-0.2, -0.15) is 0 Å². The molecule has 0 aromatic heterocycles. The maximum absolute atomic E-state index is 10.6. The fraction of sp³-hybridized carbons (Fsp3) is 0.250. The van der Waals surface area contributed by atoms with Gasteiger partial charge in [0.2, 0.25) is 0 Å². The molecule has 3 nitrogen and oxygen atoms in total. The number of halogens is 2. The van der Waals surface area contributed by atoms with E-state index in [-0.39, 0.29) is 5.92 Å².